The Balaban J connectivity index is 1.69. The van der Waals surface area contributed by atoms with Crippen molar-refractivity contribution in [3.8, 4) is 0 Å². The molecule has 2 N–H and O–H groups in total. The largest absolute Gasteiger partial charge is 0.346 e. The van der Waals surface area contributed by atoms with Crippen molar-refractivity contribution in [3.63, 3.8) is 0 Å². The molecular weight excluding hydrogens is 257 g/mol. The molecule has 2 heterocycles. The summed E-state index contributed by atoms with van der Waals surface area (Å²) in [4.78, 5) is 15.5. The first-order valence-corrected chi connectivity index (χ1v) is 6.37. The number of piperidine rings is 1. The Kier molecular flexibility index (Phi) is 2.95. The summed E-state index contributed by atoms with van der Waals surface area (Å²) in [5.41, 5.74) is 0.0691. The summed E-state index contributed by atoms with van der Waals surface area (Å²) < 4.78 is 13.2. The van der Waals surface area contributed by atoms with Crippen molar-refractivity contribution in [2.45, 2.75) is 24.9 Å². The highest BCUT2D eigenvalue weighted by atomic mass is 35.5. The Hall–Kier alpha value is -1.20. The molecule has 4 nitrogen and oxygen atoms in total. The number of aromatic nitrogens is 1. The number of pyridine rings is 1. The van der Waals surface area contributed by atoms with E-state index in [9.17, 15) is 9.18 Å². The van der Waals surface area contributed by atoms with Crippen LogP contribution in [-0.2, 0) is 0 Å². The van der Waals surface area contributed by atoms with Crippen LogP contribution >= 0.6 is 11.6 Å². The second-order valence-corrected chi connectivity index (χ2v) is 5.31. The third-order valence-corrected chi connectivity index (χ3v) is 3.96. The minimum atomic E-state index is -0.810. The number of amides is 1. The Morgan fingerprint density at radius 1 is 1.50 bits per heavy atom. The van der Waals surface area contributed by atoms with E-state index >= 15 is 0 Å². The number of carbonyl (C=O) groups is 1. The SMILES string of the molecule is O=C(NC1CC2CNC1C2)c1ccc(Cl)c(F)n1. The lowest BCUT2D eigenvalue weighted by molar-refractivity contribution is 0.0922. The van der Waals surface area contributed by atoms with Gasteiger partial charge in [-0.05, 0) is 37.4 Å². The summed E-state index contributed by atoms with van der Waals surface area (Å²) in [6.07, 6.45) is 2.09. The van der Waals surface area contributed by atoms with Gasteiger partial charge < -0.3 is 10.6 Å². The van der Waals surface area contributed by atoms with E-state index in [-0.39, 0.29) is 22.7 Å². The zero-order valence-corrected chi connectivity index (χ0v) is 10.4. The van der Waals surface area contributed by atoms with E-state index < -0.39 is 5.95 Å². The first kappa shape index (κ1) is 11.9. The summed E-state index contributed by atoms with van der Waals surface area (Å²) in [7, 11) is 0. The van der Waals surface area contributed by atoms with Gasteiger partial charge in [0.05, 0.1) is 5.02 Å². The van der Waals surface area contributed by atoms with Crippen LogP contribution in [0.2, 0.25) is 5.02 Å². The van der Waals surface area contributed by atoms with E-state index in [0.29, 0.717) is 12.0 Å². The van der Waals surface area contributed by atoms with E-state index in [0.717, 1.165) is 19.4 Å². The Morgan fingerprint density at radius 3 is 2.94 bits per heavy atom. The molecule has 3 atom stereocenters. The number of halogens is 2. The molecule has 2 aliphatic rings. The molecule has 3 unspecified atom stereocenters. The zero-order valence-electron chi connectivity index (χ0n) is 9.62. The van der Waals surface area contributed by atoms with Gasteiger partial charge in [0, 0.05) is 12.1 Å². The minimum absolute atomic E-state index is 0.0691. The average Bonchev–Trinajstić information content (AvgIpc) is 2.94. The number of rotatable bonds is 2. The topological polar surface area (TPSA) is 54.0 Å². The predicted molar refractivity (Wildman–Crippen MR) is 65.0 cm³/mol. The van der Waals surface area contributed by atoms with Gasteiger partial charge in [0.2, 0.25) is 5.95 Å². The molecule has 1 aliphatic heterocycles. The second kappa shape index (κ2) is 4.48. The molecule has 0 spiro atoms. The molecule has 1 aromatic rings. The molecule has 0 radical (unpaired) electrons. The van der Waals surface area contributed by atoms with Crippen LogP contribution in [0, 0.1) is 11.9 Å². The molecule has 6 heteroatoms. The van der Waals surface area contributed by atoms with Crippen molar-refractivity contribution in [2.75, 3.05) is 6.54 Å². The fourth-order valence-corrected chi connectivity index (χ4v) is 2.90. The summed E-state index contributed by atoms with van der Waals surface area (Å²) in [6.45, 7) is 1.03. The highest BCUT2D eigenvalue weighted by molar-refractivity contribution is 6.30. The summed E-state index contributed by atoms with van der Waals surface area (Å²) >= 11 is 5.53. The average molecular weight is 270 g/mol. The normalized spacial score (nSPS) is 29.6. The van der Waals surface area contributed by atoms with Gasteiger partial charge in [0.15, 0.2) is 0 Å². The van der Waals surface area contributed by atoms with Gasteiger partial charge >= 0.3 is 0 Å². The fraction of sp³-hybridized carbons (Fsp3) is 0.500. The molecule has 1 saturated heterocycles. The van der Waals surface area contributed by atoms with Gasteiger partial charge in [-0.15, -0.1) is 0 Å². The Bertz CT molecular complexity index is 496. The maximum absolute atomic E-state index is 13.2. The van der Waals surface area contributed by atoms with E-state index in [1.165, 1.54) is 12.1 Å². The van der Waals surface area contributed by atoms with E-state index in [1.54, 1.807) is 0 Å². The smallest absolute Gasteiger partial charge is 0.270 e. The predicted octanol–water partition coefficient (Wildman–Crippen LogP) is 1.35. The monoisotopic (exact) mass is 269 g/mol. The quantitative estimate of drug-likeness (QED) is 0.797. The standard InChI is InChI=1S/C12H13ClFN3O/c13-7-1-2-8(16-11(7)14)12(18)17-10-4-6-3-9(10)15-5-6/h1-2,6,9-10,15H,3-5H2,(H,17,18). The molecule has 1 saturated carbocycles. The van der Waals surface area contributed by atoms with Crippen LogP contribution in [0.25, 0.3) is 0 Å². The zero-order chi connectivity index (χ0) is 12.7. The van der Waals surface area contributed by atoms with Crippen molar-refractivity contribution < 1.29 is 9.18 Å². The van der Waals surface area contributed by atoms with Gasteiger partial charge in [-0.2, -0.15) is 4.39 Å². The van der Waals surface area contributed by atoms with Crippen LogP contribution in [0.15, 0.2) is 12.1 Å². The summed E-state index contributed by atoms with van der Waals surface area (Å²) in [5.74, 6) is -0.504. The lowest BCUT2D eigenvalue weighted by Gasteiger charge is -2.23. The molecule has 3 rings (SSSR count). The van der Waals surface area contributed by atoms with Gasteiger partial charge in [0.25, 0.3) is 5.91 Å². The van der Waals surface area contributed by atoms with Crippen molar-refractivity contribution in [3.05, 3.63) is 28.8 Å². The Morgan fingerprint density at radius 2 is 2.33 bits per heavy atom. The number of fused-ring (bicyclic) bond motifs is 2. The van der Waals surface area contributed by atoms with Crippen LogP contribution in [-0.4, -0.2) is 29.5 Å². The van der Waals surface area contributed by atoms with Crippen LogP contribution in [0.1, 0.15) is 23.3 Å². The highest BCUT2D eigenvalue weighted by Gasteiger charge is 2.40. The molecule has 1 amide bonds. The maximum Gasteiger partial charge on any atom is 0.270 e. The number of nitrogens with zero attached hydrogens (tertiary/aromatic N) is 1. The van der Waals surface area contributed by atoms with E-state index in [2.05, 4.69) is 15.6 Å². The lowest BCUT2D eigenvalue weighted by atomic mass is 10.1. The second-order valence-electron chi connectivity index (χ2n) is 4.90. The molecule has 1 aliphatic carbocycles. The molecule has 0 aromatic carbocycles. The third kappa shape index (κ3) is 2.08. The van der Waals surface area contributed by atoms with Crippen molar-refractivity contribution >= 4 is 17.5 Å². The molecule has 1 aromatic heterocycles. The molecule has 2 bridgehead atoms. The van der Waals surface area contributed by atoms with Crippen LogP contribution in [0.3, 0.4) is 0 Å². The molecule has 2 fully saturated rings. The van der Waals surface area contributed by atoms with Crippen LogP contribution in [0.5, 0.6) is 0 Å². The maximum atomic E-state index is 13.2. The summed E-state index contributed by atoms with van der Waals surface area (Å²) in [6, 6.07) is 3.24. The van der Waals surface area contributed by atoms with Gasteiger partial charge in [-0.3, -0.25) is 4.79 Å². The fourth-order valence-electron chi connectivity index (χ4n) is 2.80. The van der Waals surface area contributed by atoms with Crippen molar-refractivity contribution in [1.29, 1.82) is 0 Å². The third-order valence-electron chi connectivity index (χ3n) is 3.68. The van der Waals surface area contributed by atoms with E-state index in [1.807, 2.05) is 0 Å². The van der Waals surface area contributed by atoms with E-state index in [4.69, 9.17) is 11.6 Å². The van der Waals surface area contributed by atoms with Gasteiger partial charge in [-0.1, -0.05) is 11.6 Å². The molecule has 18 heavy (non-hydrogen) atoms. The molecular formula is C12H13ClFN3O. The van der Waals surface area contributed by atoms with Crippen molar-refractivity contribution in [1.82, 2.24) is 15.6 Å². The number of hydrogen-bond acceptors (Lipinski definition) is 3. The lowest BCUT2D eigenvalue weighted by Crippen LogP contribution is -2.48. The van der Waals surface area contributed by atoms with Crippen LogP contribution < -0.4 is 10.6 Å². The number of carbonyl (C=O) groups excluding carboxylic acids is 1. The van der Waals surface area contributed by atoms with Crippen molar-refractivity contribution in [2.24, 2.45) is 5.92 Å². The number of hydrogen-bond donors (Lipinski definition) is 2. The molecule has 96 valence electrons. The minimum Gasteiger partial charge on any atom is -0.346 e. The summed E-state index contributed by atoms with van der Waals surface area (Å²) in [5, 5.41) is 6.18. The van der Waals surface area contributed by atoms with Gasteiger partial charge in [-0.25, -0.2) is 4.98 Å². The first-order chi connectivity index (χ1) is 8.63. The number of nitrogens with one attached hydrogen (secondary N) is 2. The van der Waals surface area contributed by atoms with Gasteiger partial charge in [0.1, 0.15) is 5.69 Å². The Labute approximate surface area is 109 Å². The van der Waals surface area contributed by atoms with Crippen LogP contribution in [0.4, 0.5) is 4.39 Å². The first-order valence-electron chi connectivity index (χ1n) is 6.00. The highest BCUT2D eigenvalue weighted by Crippen LogP contribution is 2.31.